The molecule has 1 unspecified atom stereocenters. The van der Waals surface area contributed by atoms with Crippen LogP contribution in [0.3, 0.4) is 0 Å². The molecule has 0 aromatic heterocycles. The van der Waals surface area contributed by atoms with Gasteiger partial charge >= 0.3 is 0 Å². The Balaban J connectivity index is 1.22. The summed E-state index contributed by atoms with van der Waals surface area (Å²) in [6.45, 7) is 6.16. The van der Waals surface area contributed by atoms with Crippen LogP contribution in [-0.2, 0) is 4.79 Å². The van der Waals surface area contributed by atoms with E-state index in [1.54, 1.807) is 0 Å². The van der Waals surface area contributed by atoms with Gasteiger partial charge in [0.1, 0.15) is 5.75 Å². The Hall–Kier alpha value is -1.01. The second-order valence-corrected chi connectivity index (χ2v) is 12.1. The SMILES string of the molecule is CCOc1ccccc1N1CCN(C(=O)C2C[C@H]3CCC[C@@H](C2)C32SCCS2)CC1. The van der Waals surface area contributed by atoms with E-state index in [1.807, 2.05) is 19.1 Å². The fraction of sp³-hybridized carbons (Fsp3) is 0.708. The van der Waals surface area contributed by atoms with Gasteiger partial charge in [-0.15, -0.1) is 23.5 Å². The molecule has 1 spiro atoms. The maximum absolute atomic E-state index is 13.5. The first-order valence-corrected chi connectivity index (χ1v) is 13.7. The van der Waals surface area contributed by atoms with Gasteiger partial charge in [-0.3, -0.25) is 4.79 Å². The summed E-state index contributed by atoms with van der Waals surface area (Å²) in [5.74, 6) is 5.76. The molecule has 3 atom stereocenters. The number of carbonyl (C=O) groups is 1. The molecule has 2 aliphatic carbocycles. The summed E-state index contributed by atoms with van der Waals surface area (Å²) < 4.78 is 6.28. The Labute approximate surface area is 189 Å². The summed E-state index contributed by atoms with van der Waals surface area (Å²) in [5, 5.41) is 0. The molecule has 4 fully saturated rings. The molecule has 1 aromatic carbocycles. The molecule has 4 aliphatic rings. The first-order valence-electron chi connectivity index (χ1n) is 11.7. The zero-order valence-corrected chi connectivity index (χ0v) is 19.7. The largest absolute Gasteiger partial charge is 0.492 e. The molecular weight excluding hydrogens is 412 g/mol. The molecule has 1 amide bonds. The summed E-state index contributed by atoms with van der Waals surface area (Å²) in [4.78, 5) is 18.0. The molecule has 0 N–H and O–H groups in total. The lowest BCUT2D eigenvalue weighted by molar-refractivity contribution is -0.138. The Morgan fingerprint density at radius 1 is 1.07 bits per heavy atom. The van der Waals surface area contributed by atoms with Gasteiger partial charge in [0, 0.05) is 43.6 Å². The van der Waals surface area contributed by atoms with Gasteiger partial charge in [-0.05, 0) is 56.6 Å². The third kappa shape index (κ3) is 3.72. The van der Waals surface area contributed by atoms with Crippen LogP contribution in [-0.4, -0.2) is 59.2 Å². The summed E-state index contributed by atoms with van der Waals surface area (Å²) in [6.07, 6.45) is 6.30. The molecule has 6 heteroatoms. The number of carbonyl (C=O) groups excluding carboxylic acids is 1. The lowest BCUT2D eigenvalue weighted by Crippen LogP contribution is -2.54. The highest BCUT2D eigenvalue weighted by molar-refractivity contribution is 8.21. The molecule has 2 heterocycles. The molecular formula is C24H34N2O2S2. The van der Waals surface area contributed by atoms with Gasteiger partial charge < -0.3 is 14.5 Å². The van der Waals surface area contributed by atoms with E-state index < -0.39 is 0 Å². The first kappa shape index (κ1) is 20.9. The average molecular weight is 447 g/mol. The highest BCUT2D eigenvalue weighted by Crippen LogP contribution is 2.64. The molecule has 5 rings (SSSR count). The van der Waals surface area contributed by atoms with Crippen molar-refractivity contribution in [1.82, 2.24) is 4.90 Å². The number of anilines is 1. The van der Waals surface area contributed by atoms with Crippen molar-refractivity contribution in [2.45, 2.75) is 43.1 Å². The van der Waals surface area contributed by atoms with Crippen molar-refractivity contribution in [2.75, 3.05) is 49.2 Å². The minimum absolute atomic E-state index is 0.259. The predicted octanol–water partition coefficient (Wildman–Crippen LogP) is 4.74. The van der Waals surface area contributed by atoms with Crippen LogP contribution in [0.4, 0.5) is 5.69 Å². The number of amides is 1. The number of rotatable bonds is 4. The molecule has 30 heavy (non-hydrogen) atoms. The quantitative estimate of drug-likeness (QED) is 0.667. The van der Waals surface area contributed by atoms with Gasteiger partial charge in [-0.25, -0.2) is 0 Å². The number of hydrogen-bond donors (Lipinski definition) is 0. The standard InChI is InChI=1S/C24H34N2O2S2/c1-2-28-22-9-4-3-8-21(22)25-10-12-26(13-11-25)23(27)18-16-19-6-5-7-20(17-18)24(19)29-14-15-30-24/h3-4,8-9,18-20H,2,5-7,10-17H2,1H3/t18?,19-,20+. The van der Waals surface area contributed by atoms with Crippen LogP contribution in [0, 0.1) is 17.8 Å². The lowest BCUT2D eigenvalue weighted by Gasteiger charge is -2.52. The van der Waals surface area contributed by atoms with E-state index in [0.29, 0.717) is 16.6 Å². The Bertz CT molecular complexity index is 743. The Kier molecular flexibility index (Phi) is 6.16. The minimum Gasteiger partial charge on any atom is -0.492 e. The number of benzene rings is 1. The maximum atomic E-state index is 13.5. The molecule has 2 saturated heterocycles. The smallest absolute Gasteiger partial charge is 0.225 e. The van der Waals surface area contributed by atoms with Crippen molar-refractivity contribution in [3.05, 3.63) is 24.3 Å². The second-order valence-electron chi connectivity index (χ2n) is 9.12. The topological polar surface area (TPSA) is 32.8 Å². The van der Waals surface area contributed by atoms with Crippen molar-refractivity contribution in [3.63, 3.8) is 0 Å². The zero-order valence-electron chi connectivity index (χ0n) is 18.1. The number of piperazine rings is 1. The lowest BCUT2D eigenvalue weighted by atomic mass is 9.66. The van der Waals surface area contributed by atoms with Crippen molar-refractivity contribution in [3.8, 4) is 5.75 Å². The van der Waals surface area contributed by atoms with E-state index in [2.05, 4.69) is 45.5 Å². The van der Waals surface area contributed by atoms with Crippen LogP contribution in [0.15, 0.2) is 24.3 Å². The number of ether oxygens (including phenoxy) is 1. The Morgan fingerprint density at radius 2 is 1.73 bits per heavy atom. The van der Waals surface area contributed by atoms with Crippen LogP contribution in [0.1, 0.15) is 39.0 Å². The van der Waals surface area contributed by atoms with E-state index in [1.165, 1.54) is 30.8 Å². The summed E-state index contributed by atoms with van der Waals surface area (Å²) in [5.41, 5.74) is 1.16. The summed E-state index contributed by atoms with van der Waals surface area (Å²) >= 11 is 4.46. The molecule has 2 aliphatic heterocycles. The Morgan fingerprint density at radius 3 is 2.40 bits per heavy atom. The monoisotopic (exact) mass is 446 g/mol. The fourth-order valence-corrected chi connectivity index (χ4v) is 10.2. The van der Waals surface area contributed by atoms with E-state index in [0.717, 1.165) is 62.3 Å². The number of thioether (sulfide) groups is 2. The minimum atomic E-state index is 0.259. The molecule has 0 radical (unpaired) electrons. The van der Waals surface area contributed by atoms with Gasteiger partial charge in [0.05, 0.1) is 16.4 Å². The second kappa shape index (κ2) is 8.85. The van der Waals surface area contributed by atoms with E-state index >= 15 is 0 Å². The molecule has 2 bridgehead atoms. The first-order chi connectivity index (χ1) is 14.7. The van der Waals surface area contributed by atoms with Crippen molar-refractivity contribution in [1.29, 1.82) is 0 Å². The van der Waals surface area contributed by atoms with Crippen LogP contribution in [0.2, 0.25) is 0 Å². The van der Waals surface area contributed by atoms with Gasteiger partial charge in [-0.2, -0.15) is 0 Å². The molecule has 1 aromatic rings. The maximum Gasteiger partial charge on any atom is 0.225 e. The van der Waals surface area contributed by atoms with Crippen LogP contribution >= 0.6 is 23.5 Å². The molecule has 4 nitrogen and oxygen atoms in total. The van der Waals surface area contributed by atoms with Crippen LogP contribution < -0.4 is 9.64 Å². The zero-order chi connectivity index (χ0) is 20.6. The average Bonchev–Trinajstić information content (AvgIpc) is 3.23. The van der Waals surface area contributed by atoms with E-state index in [4.69, 9.17) is 4.74 Å². The summed E-state index contributed by atoms with van der Waals surface area (Å²) in [7, 11) is 0. The third-order valence-electron chi connectivity index (χ3n) is 7.57. The van der Waals surface area contributed by atoms with Gasteiger partial charge in [0.15, 0.2) is 0 Å². The van der Waals surface area contributed by atoms with Crippen molar-refractivity contribution < 1.29 is 9.53 Å². The van der Waals surface area contributed by atoms with Crippen LogP contribution in [0.25, 0.3) is 0 Å². The third-order valence-corrected chi connectivity index (χ3v) is 11.6. The molecule has 2 saturated carbocycles. The van der Waals surface area contributed by atoms with Crippen molar-refractivity contribution in [2.24, 2.45) is 17.8 Å². The van der Waals surface area contributed by atoms with E-state index in [9.17, 15) is 4.79 Å². The van der Waals surface area contributed by atoms with Crippen molar-refractivity contribution >= 4 is 35.1 Å². The van der Waals surface area contributed by atoms with Gasteiger partial charge in [-0.1, -0.05) is 18.6 Å². The molecule has 164 valence electrons. The highest BCUT2D eigenvalue weighted by atomic mass is 32.2. The normalized spacial score (nSPS) is 30.5. The van der Waals surface area contributed by atoms with Gasteiger partial charge in [0.2, 0.25) is 5.91 Å². The number of para-hydroxylation sites is 2. The number of nitrogens with zero attached hydrogens (tertiary/aromatic N) is 2. The van der Waals surface area contributed by atoms with E-state index in [-0.39, 0.29) is 5.92 Å². The fourth-order valence-electron chi connectivity index (χ4n) is 6.23. The highest BCUT2D eigenvalue weighted by Gasteiger charge is 2.55. The van der Waals surface area contributed by atoms with Gasteiger partial charge in [0.25, 0.3) is 0 Å². The van der Waals surface area contributed by atoms with Crippen LogP contribution in [0.5, 0.6) is 5.75 Å². The predicted molar refractivity (Wildman–Crippen MR) is 128 cm³/mol. The summed E-state index contributed by atoms with van der Waals surface area (Å²) in [6, 6.07) is 8.29. The number of hydrogen-bond acceptors (Lipinski definition) is 5.